The summed E-state index contributed by atoms with van der Waals surface area (Å²) >= 11 is 0. The lowest BCUT2D eigenvalue weighted by Gasteiger charge is -2.20. The van der Waals surface area contributed by atoms with Gasteiger partial charge in [-0.2, -0.15) is 0 Å². The lowest BCUT2D eigenvalue weighted by atomic mass is 10.2. The highest BCUT2D eigenvalue weighted by molar-refractivity contribution is 5.88. The second-order valence-electron chi connectivity index (χ2n) is 8.45. The van der Waals surface area contributed by atoms with Crippen LogP contribution in [0.5, 0.6) is 23.1 Å². The molecular formula is C25H28N4O4. The minimum absolute atomic E-state index is 0.183. The second-order valence-corrected chi connectivity index (χ2v) is 8.45. The molecule has 0 saturated carbocycles. The van der Waals surface area contributed by atoms with E-state index < -0.39 is 6.10 Å². The van der Waals surface area contributed by atoms with Crippen LogP contribution in [0.3, 0.4) is 0 Å². The van der Waals surface area contributed by atoms with Crippen molar-refractivity contribution in [2.75, 3.05) is 33.4 Å². The molecule has 1 saturated heterocycles. The number of H-pyrrole nitrogens is 1. The maximum Gasteiger partial charge on any atom is 0.230 e. The van der Waals surface area contributed by atoms with Gasteiger partial charge in [0.05, 0.1) is 18.0 Å². The number of fused-ring (bicyclic) bond motifs is 2. The maximum absolute atomic E-state index is 10.4. The van der Waals surface area contributed by atoms with Gasteiger partial charge in [-0.25, -0.2) is 9.97 Å². The van der Waals surface area contributed by atoms with Gasteiger partial charge in [-0.3, -0.25) is 0 Å². The zero-order valence-electron chi connectivity index (χ0n) is 18.9. The van der Waals surface area contributed by atoms with E-state index >= 15 is 0 Å². The molecule has 3 heterocycles. The molecule has 33 heavy (non-hydrogen) atoms. The first-order chi connectivity index (χ1) is 16.1. The van der Waals surface area contributed by atoms with Crippen LogP contribution in [-0.4, -0.2) is 64.4 Å². The summed E-state index contributed by atoms with van der Waals surface area (Å²) in [5.74, 6) is 2.19. The predicted molar refractivity (Wildman–Crippen MR) is 126 cm³/mol. The monoisotopic (exact) mass is 448 g/mol. The Hall–Kier alpha value is -3.36. The summed E-state index contributed by atoms with van der Waals surface area (Å²) in [5, 5.41) is 12.2. The number of aliphatic hydroxyl groups is 1. The van der Waals surface area contributed by atoms with Crippen LogP contribution in [0, 0.1) is 6.92 Å². The average Bonchev–Trinajstić information content (AvgIpc) is 3.47. The van der Waals surface area contributed by atoms with Gasteiger partial charge < -0.3 is 29.2 Å². The Kier molecular flexibility index (Phi) is 6.02. The molecule has 1 fully saturated rings. The van der Waals surface area contributed by atoms with E-state index in [0.29, 0.717) is 40.6 Å². The Morgan fingerprint density at radius 1 is 1.09 bits per heavy atom. The Bertz CT molecular complexity index is 1270. The van der Waals surface area contributed by atoms with Gasteiger partial charge in [0.25, 0.3) is 0 Å². The zero-order chi connectivity index (χ0) is 22.8. The first kappa shape index (κ1) is 21.5. The van der Waals surface area contributed by atoms with Crippen LogP contribution in [0.4, 0.5) is 0 Å². The molecule has 2 N–H and O–H groups in total. The smallest absolute Gasteiger partial charge is 0.230 e. The van der Waals surface area contributed by atoms with Gasteiger partial charge in [0, 0.05) is 29.7 Å². The molecule has 0 radical (unpaired) electrons. The normalized spacial score (nSPS) is 15.2. The minimum Gasteiger partial charge on any atom is -0.493 e. The number of nitrogens with zero attached hydrogens (tertiary/aromatic N) is 3. The number of aromatic nitrogens is 3. The number of rotatable bonds is 8. The summed E-state index contributed by atoms with van der Waals surface area (Å²) < 4.78 is 17.6. The SMILES string of the molecule is COc1cc2c(Oc3ccc4[nH]cc(C)c4c3)ncnc2cc1OCC(O)CN1CCCC1. The van der Waals surface area contributed by atoms with Crippen molar-refractivity contribution in [1.29, 1.82) is 0 Å². The summed E-state index contributed by atoms with van der Waals surface area (Å²) in [4.78, 5) is 14.2. The number of aryl methyl sites for hydroxylation is 1. The average molecular weight is 449 g/mol. The van der Waals surface area contributed by atoms with Gasteiger partial charge >= 0.3 is 0 Å². The van der Waals surface area contributed by atoms with Gasteiger partial charge in [-0.05, 0) is 62.7 Å². The third kappa shape index (κ3) is 4.58. The summed E-state index contributed by atoms with van der Waals surface area (Å²) in [7, 11) is 1.58. The quantitative estimate of drug-likeness (QED) is 0.420. The minimum atomic E-state index is -0.570. The molecule has 5 rings (SSSR count). The molecule has 8 heteroatoms. The highest BCUT2D eigenvalue weighted by Gasteiger charge is 2.18. The highest BCUT2D eigenvalue weighted by Crippen LogP contribution is 2.36. The first-order valence-electron chi connectivity index (χ1n) is 11.2. The number of β-amino-alcohol motifs (C(OH)–C–C–N with tert-alkyl or cyclic N) is 1. The fourth-order valence-corrected chi connectivity index (χ4v) is 4.31. The van der Waals surface area contributed by atoms with Crippen molar-refractivity contribution in [2.45, 2.75) is 25.9 Å². The molecule has 0 aliphatic carbocycles. The number of nitrogens with one attached hydrogen (secondary N) is 1. The van der Waals surface area contributed by atoms with Crippen LogP contribution in [-0.2, 0) is 0 Å². The standard InChI is InChI=1S/C25H28N4O4/c1-16-12-26-21-6-5-18(9-19(16)21)33-25-20-10-23(31-2)24(11-22(20)27-15-28-25)32-14-17(30)13-29-7-3-4-8-29/h5-6,9-12,15,17,26,30H,3-4,7-8,13-14H2,1-2H3. The Balaban J connectivity index is 1.37. The fourth-order valence-electron chi connectivity index (χ4n) is 4.31. The zero-order valence-corrected chi connectivity index (χ0v) is 18.9. The Morgan fingerprint density at radius 2 is 1.94 bits per heavy atom. The summed E-state index contributed by atoms with van der Waals surface area (Å²) in [6.07, 6.45) is 5.25. The largest absolute Gasteiger partial charge is 0.493 e. The topological polar surface area (TPSA) is 92.7 Å². The van der Waals surface area contributed by atoms with Crippen molar-refractivity contribution in [3.63, 3.8) is 0 Å². The van der Waals surface area contributed by atoms with E-state index in [2.05, 4.69) is 26.8 Å². The van der Waals surface area contributed by atoms with E-state index in [0.717, 1.165) is 29.6 Å². The lowest BCUT2D eigenvalue weighted by Crippen LogP contribution is -2.33. The number of benzene rings is 2. The number of likely N-dealkylation sites (tertiary alicyclic amines) is 1. The van der Waals surface area contributed by atoms with Crippen LogP contribution in [0.25, 0.3) is 21.8 Å². The van der Waals surface area contributed by atoms with E-state index in [9.17, 15) is 5.11 Å². The number of aromatic amines is 1. The molecule has 4 aromatic rings. The summed E-state index contributed by atoms with van der Waals surface area (Å²) in [6, 6.07) is 9.49. The maximum atomic E-state index is 10.4. The van der Waals surface area contributed by atoms with E-state index in [1.54, 1.807) is 13.2 Å². The number of aliphatic hydroxyl groups excluding tert-OH is 1. The molecule has 0 bridgehead atoms. The van der Waals surface area contributed by atoms with Crippen molar-refractivity contribution in [1.82, 2.24) is 19.9 Å². The van der Waals surface area contributed by atoms with Gasteiger partial charge in [-0.1, -0.05) is 0 Å². The Labute approximate surface area is 192 Å². The number of methoxy groups -OCH3 is 1. The van der Waals surface area contributed by atoms with Gasteiger partial charge in [0.2, 0.25) is 5.88 Å². The third-order valence-corrected chi connectivity index (χ3v) is 6.06. The second kappa shape index (κ2) is 9.25. The highest BCUT2D eigenvalue weighted by atomic mass is 16.5. The van der Waals surface area contributed by atoms with E-state index in [1.165, 1.54) is 19.2 Å². The van der Waals surface area contributed by atoms with Gasteiger partial charge in [-0.15, -0.1) is 0 Å². The van der Waals surface area contributed by atoms with Crippen molar-refractivity contribution in [2.24, 2.45) is 0 Å². The van der Waals surface area contributed by atoms with Crippen molar-refractivity contribution in [3.05, 3.63) is 48.4 Å². The number of ether oxygens (including phenoxy) is 3. The molecule has 1 aliphatic heterocycles. The fraction of sp³-hybridized carbons (Fsp3) is 0.360. The molecule has 0 amide bonds. The molecular weight excluding hydrogens is 420 g/mol. The summed E-state index contributed by atoms with van der Waals surface area (Å²) in [6.45, 7) is 4.92. The molecule has 8 nitrogen and oxygen atoms in total. The van der Waals surface area contributed by atoms with Gasteiger partial charge in [0.15, 0.2) is 11.5 Å². The molecule has 2 aromatic carbocycles. The third-order valence-electron chi connectivity index (χ3n) is 6.06. The predicted octanol–water partition coefficient (Wildman–Crippen LogP) is 4.06. The number of hydrogen-bond donors (Lipinski definition) is 2. The molecule has 1 unspecified atom stereocenters. The van der Waals surface area contributed by atoms with E-state index in [1.807, 2.05) is 30.5 Å². The molecule has 0 spiro atoms. The van der Waals surface area contributed by atoms with Crippen LogP contribution < -0.4 is 14.2 Å². The number of hydrogen-bond acceptors (Lipinski definition) is 7. The van der Waals surface area contributed by atoms with E-state index in [-0.39, 0.29) is 6.61 Å². The lowest BCUT2D eigenvalue weighted by molar-refractivity contribution is 0.0747. The van der Waals surface area contributed by atoms with Crippen LogP contribution in [0.1, 0.15) is 18.4 Å². The van der Waals surface area contributed by atoms with Crippen molar-refractivity contribution in [3.8, 4) is 23.1 Å². The van der Waals surface area contributed by atoms with Crippen molar-refractivity contribution < 1.29 is 19.3 Å². The van der Waals surface area contributed by atoms with Gasteiger partial charge in [0.1, 0.15) is 24.8 Å². The van der Waals surface area contributed by atoms with Crippen LogP contribution in [0.2, 0.25) is 0 Å². The molecule has 1 atom stereocenters. The van der Waals surface area contributed by atoms with Crippen LogP contribution >= 0.6 is 0 Å². The molecule has 172 valence electrons. The van der Waals surface area contributed by atoms with E-state index in [4.69, 9.17) is 14.2 Å². The molecule has 1 aliphatic rings. The van der Waals surface area contributed by atoms with Crippen LogP contribution in [0.15, 0.2) is 42.9 Å². The summed E-state index contributed by atoms with van der Waals surface area (Å²) in [5.41, 5.74) is 2.88. The Morgan fingerprint density at radius 3 is 2.76 bits per heavy atom. The first-order valence-corrected chi connectivity index (χ1v) is 11.2. The molecule has 2 aromatic heterocycles. The van der Waals surface area contributed by atoms with Crippen molar-refractivity contribution >= 4 is 21.8 Å².